The van der Waals surface area contributed by atoms with Crippen LogP contribution >= 0.6 is 23.1 Å². The Labute approximate surface area is 531 Å². The molecule has 0 saturated carbocycles. The van der Waals surface area contributed by atoms with E-state index in [9.17, 15) is 4.79 Å². The Balaban J connectivity index is 0.703. The maximum absolute atomic E-state index is 12.0. The number of hydrogen-bond acceptors (Lipinski definition) is 23. The molecule has 4 aromatic rings. The molecule has 0 unspecified atom stereocenters. The van der Waals surface area contributed by atoms with E-state index in [1.165, 1.54) is 26.9 Å². The lowest BCUT2D eigenvalue weighted by Gasteiger charge is -2.32. The molecular weight excluding hydrogens is 1170 g/mol. The van der Waals surface area contributed by atoms with Crippen molar-refractivity contribution in [3.8, 4) is 11.8 Å². The highest BCUT2D eigenvalue weighted by Gasteiger charge is 2.27. The summed E-state index contributed by atoms with van der Waals surface area (Å²) in [5, 5.41) is 3.58. The number of ether oxygens (including phenoxy) is 13. The van der Waals surface area contributed by atoms with Crippen molar-refractivity contribution in [2.24, 2.45) is 5.92 Å². The zero-order chi connectivity index (χ0) is 61.7. The molecule has 2 aliphatic rings. The maximum Gasteiger partial charge on any atom is 0.220 e. The lowest BCUT2D eigenvalue weighted by molar-refractivity contribution is -0.121. The minimum Gasteiger partial charge on any atom is -0.382 e. The lowest BCUT2D eigenvalue weighted by Crippen LogP contribution is -2.37. The fourth-order valence-corrected chi connectivity index (χ4v) is 11.7. The van der Waals surface area contributed by atoms with E-state index in [2.05, 4.69) is 54.5 Å². The monoisotopic (exact) mass is 1270 g/mol. The second-order valence-corrected chi connectivity index (χ2v) is 23.4. The van der Waals surface area contributed by atoms with E-state index in [-0.39, 0.29) is 5.91 Å². The summed E-state index contributed by atoms with van der Waals surface area (Å²) < 4.78 is 76.4. The van der Waals surface area contributed by atoms with Crippen LogP contribution in [0.25, 0.3) is 21.3 Å². The van der Waals surface area contributed by atoms with E-state index in [0.717, 1.165) is 118 Å². The number of aryl methyl sites for hydroxylation is 1. The standard InChI is InChI=1S/C63H103N9O14S2/c1-4-5-10-57-69-59-60(61-55(68-62(59)64)48-56(88-61)54-14-19-71(20-15-54)22-25-77-30-33-81-37-40-82-35-34-78-27-26-74-2)72(57)51-52-12-17-70(18-13-52)21-24-76-29-32-80-38-41-84-43-45-86-47-46-85-44-42-83-39-36-79-31-28-75-23-16-65-58(73)11-8-6-7-9-53-49-66-63(87-3)67-50-53/h48-50,52,54H,4-6,8,10-47,51H2,1-3H3,(H2,64,68)(H,65,73). The highest BCUT2D eigenvalue weighted by Crippen LogP contribution is 2.41. The first kappa shape index (κ1) is 73.3. The van der Waals surface area contributed by atoms with Crippen molar-refractivity contribution in [1.29, 1.82) is 0 Å². The number of carbonyl (C=O) groups is 1. The van der Waals surface area contributed by atoms with E-state index >= 15 is 0 Å². The van der Waals surface area contributed by atoms with Crippen molar-refractivity contribution < 1.29 is 66.4 Å². The van der Waals surface area contributed by atoms with Gasteiger partial charge < -0.3 is 87.0 Å². The zero-order valence-corrected chi connectivity index (χ0v) is 54.7. The van der Waals surface area contributed by atoms with Crippen LogP contribution in [-0.4, -0.2) is 265 Å². The van der Waals surface area contributed by atoms with Gasteiger partial charge in [0.2, 0.25) is 5.91 Å². The van der Waals surface area contributed by atoms with E-state index < -0.39 is 0 Å². The van der Waals surface area contributed by atoms with Gasteiger partial charge in [0.15, 0.2) is 11.0 Å². The first-order valence-corrected chi connectivity index (χ1v) is 34.1. The third-order valence-corrected chi connectivity index (χ3v) is 16.8. The molecule has 6 heterocycles. The number of amides is 1. The number of imidazole rings is 1. The van der Waals surface area contributed by atoms with Gasteiger partial charge in [-0.15, -0.1) is 11.3 Å². The third-order valence-electron chi connectivity index (χ3n) is 14.9. The number of nitrogens with zero attached hydrogens (tertiary/aromatic N) is 7. The largest absolute Gasteiger partial charge is 0.382 e. The van der Waals surface area contributed by atoms with E-state index in [1.807, 2.05) is 17.6 Å². The van der Waals surface area contributed by atoms with Gasteiger partial charge in [0.1, 0.15) is 11.3 Å². The molecule has 23 nitrogen and oxygen atoms in total. The van der Waals surface area contributed by atoms with Gasteiger partial charge in [0, 0.05) is 69.8 Å². The number of likely N-dealkylation sites (tertiary alicyclic amines) is 2. The first-order valence-electron chi connectivity index (χ1n) is 32.0. The van der Waals surface area contributed by atoms with E-state index in [1.54, 1.807) is 19.5 Å². The van der Waals surface area contributed by atoms with Crippen LogP contribution < -0.4 is 11.1 Å². The molecule has 0 atom stereocenters. The Hall–Kier alpha value is -3.76. The predicted molar refractivity (Wildman–Crippen MR) is 343 cm³/mol. The molecule has 2 fully saturated rings. The average molecular weight is 1270 g/mol. The van der Waals surface area contributed by atoms with Crippen LogP contribution in [0.15, 0.2) is 23.6 Å². The highest BCUT2D eigenvalue weighted by atomic mass is 32.2. The SMILES string of the molecule is CCCCc1nc2c(N)nc3cc(C4CCN(CCOCCOCCOCCOCCOC)CC4)sc3c2n1CC1CCN(CCOCCOCCOCCOCCOCCOCCOCCOCCNC(=O)CCCC#Cc2cnc(SC)nc2)CC1. The van der Waals surface area contributed by atoms with Gasteiger partial charge >= 0.3 is 0 Å². The normalized spacial score (nSPS) is 14.6. The minimum atomic E-state index is -0.0104. The Morgan fingerprint density at radius 2 is 1.12 bits per heavy atom. The Bertz CT molecular complexity index is 2490. The molecule has 2 aliphatic heterocycles. The summed E-state index contributed by atoms with van der Waals surface area (Å²) in [7, 11) is 1.66. The van der Waals surface area contributed by atoms with Gasteiger partial charge in [-0.3, -0.25) is 4.79 Å². The summed E-state index contributed by atoms with van der Waals surface area (Å²) in [6.45, 7) is 23.0. The van der Waals surface area contributed by atoms with Gasteiger partial charge in [0.25, 0.3) is 0 Å². The first-order chi connectivity index (χ1) is 43.4. The van der Waals surface area contributed by atoms with Crippen LogP contribution in [0.5, 0.6) is 0 Å². The van der Waals surface area contributed by atoms with Crippen LogP contribution in [0, 0.1) is 17.8 Å². The Kier molecular flexibility index (Phi) is 39.3. The number of aromatic nitrogens is 5. The number of hydrogen-bond donors (Lipinski definition) is 2. The summed E-state index contributed by atoms with van der Waals surface area (Å²) >= 11 is 3.40. The number of carbonyl (C=O) groups excluding carboxylic acids is 1. The maximum atomic E-state index is 12.0. The van der Waals surface area contributed by atoms with Gasteiger partial charge in [-0.2, -0.15) is 0 Å². The predicted octanol–water partition coefficient (Wildman–Crippen LogP) is 6.16. The van der Waals surface area contributed by atoms with Gasteiger partial charge in [-0.25, -0.2) is 19.9 Å². The lowest BCUT2D eigenvalue weighted by atomic mass is 9.95. The van der Waals surface area contributed by atoms with E-state index in [0.29, 0.717) is 209 Å². The number of nitrogen functional groups attached to an aromatic ring is 1. The summed E-state index contributed by atoms with van der Waals surface area (Å²) in [6, 6.07) is 2.31. The van der Waals surface area contributed by atoms with Crippen LogP contribution in [0.1, 0.15) is 86.9 Å². The van der Waals surface area contributed by atoms with Crippen LogP contribution in [0.3, 0.4) is 0 Å². The zero-order valence-electron chi connectivity index (χ0n) is 53.0. The van der Waals surface area contributed by atoms with E-state index in [4.69, 9.17) is 77.3 Å². The molecule has 496 valence electrons. The summed E-state index contributed by atoms with van der Waals surface area (Å²) in [5.74, 6) is 8.83. The number of rotatable bonds is 52. The molecular formula is C63H103N9O14S2. The molecule has 0 aliphatic carbocycles. The molecule has 2 saturated heterocycles. The highest BCUT2D eigenvalue weighted by molar-refractivity contribution is 7.98. The van der Waals surface area contributed by atoms with Crippen molar-refractivity contribution in [3.63, 3.8) is 0 Å². The molecule has 6 rings (SSSR count). The number of anilines is 1. The van der Waals surface area contributed by atoms with Crippen molar-refractivity contribution in [2.45, 2.75) is 88.8 Å². The topological polar surface area (TPSA) is 238 Å². The molecule has 4 aromatic heterocycles. The summed E-state index contributed by atoms with van der Waals surface area (Å²) in [4.78, 5) is 37.0. The molecule has 0 aromatic carbocycles. The fraction of sp³-hybridized carbons (Fsp3) is 0.762. The second-order valence-electron chi connectivity index (χ2n) is 21.5. The number of fused-ring (bicyclic) bond motifs is 3. The minimum absolute atomic E-state index is 0.0104. The molecule has 88 heavy (non-hydrogen) atoms. The number of thioether (sulfide) groups is 1. The Morgan fingerprint density at radius 3 is 1.61 bits per heavy atom. The number of methoxy groups -OCH3 is 1. The van der Waals surface area contributed by atoms with Gasteiger partial charge in [-0.1, -0.05) is 36.9 Å². The molecule has 0 radical (unpaired) electrons. The molecule has 0 bridgehead atoms. The summed E-state index contributed by atoms with van der Waals surface area (Å²) in [5.41, 5.74) is 10.5. The number of unbranched alkanes of at least 4 members (excludes halogenated alkanes) is 2. The van der Waals surface area contributed by atoms with Crippen LogP contribution in [0.4, 0.5) is 5.82 Å². The number of nitrogens with one attached hydrogen (secondary N) is 1. The smallest absolute Gasteiger partial charge is 0.220 e. The summed E-state index contributed by atoms with van der Waals surface area (Å²) in [6.07, 6.45) is 14.8. The average Bonchev–Trinajstić information content (AvgIpc) is 1.93. The second kappa shape index (κ2) is 47.2. The third kappa shape index (κ3) is 30.1. The molecule has 1 amide bonds. The van der Waals surface area contributed by atoms with Crippen LogP contribution in [0.2, 0.25) is 0 Å². The number of thiophene rings is 1. The number of nitrogens with two attached hydrogens (primary N) is 1. The van der Waals surface area contributed by atoms with Gasteiger partial charge in [-0.05, 0) is 88.9 Å². The fourth-order valence-electron chi connectivity index (χ4n) is 10.0. The van der Waals surface area contributed by atoms with Gasteiger partial charge in [0.05, 0.1) is 186 Å². The van der Waals surface area contributed by atoms with Crippen molar-refractivity contribution >= 4 is 56.1 Å². The Morgan fingerprint density at radius 1 is 0.648 bits per heavy atom. The number of pyridine rings is 1. The number of piperidine rings is 2. The van der Waals surface area contributed by atoms with Crippen molar-refractivity contribution in [1.82, 2.24) is 39.6 Å². The molecule has 3 N–H and O–H groups in total. The molecule has 25 heteroatoms. The van der Waals surface area contributed by atoms with Crippen LogP contribution in [-0.2, 0) is 79.3 Å². The quantitative estimate of drug-likeness (QED) is 0.0218. The molecule has 0 spiro atoms. The van der Waals surface area contributed by atoms with Crippen molar-refractivity contribution in [3.05, 3.63) is 34.7 Å². The van der Waals surface area contributed by atoms with Crippen molar-refractivity contribution in [2.75, 3.05) is 230 Å².